The molecule has 0 aliphatic heterocycles. The van der Waals surface area contributed by atoms with Gasteiger partial charge in [-0.2, -0.15) is 0 Å². The number of carbonyl (C=O) groups excluding carboxylic acids is 2. The average molecular weight is 750 g/mol. The van der Waals surface area contributed by atoms with Crippen molar-refractivity contribution in [2.75, 3.05) is 26.8 Å². The van der Waals surface area contributed by atoms with Crippen molar-refractivity contribution in [3.8, 4) is 0 Å². The van der Waals surface area contributed by atoms with Crippen LogP contribution in [0.3, 0.4) is 0 Å². The van der Waals surface area contributed by atoms with Gasteiger partial charge >= 0.3 is 11.9 Å². The van der Waals surface area contributed by atoms with E-state index in [9.17, 15) is 9.59 Å². The molecule has 0 amide bonds. The van der Waals surface area contributed by atoms with Crippen LogP contribution in [-0.2, 0) is 19.1 Å². The zero-order valence-electron chi connectivity index (χ0n) is 37.1. The first-order valence-electron chi connectivity index (χ1n) is 23.8. The monoisotopic (exact) mass is 750 g/mol. The third kappa shape index (κ3) is 35.1. The Hall–Kier alpha value is -1.10. The van der Waals surface area contributed by atoms with Gasteiger partial charge in [-0.3, -0.25) is 9.59 Å². The first kappa shape index (κ1) is 51.9. The van der Waals surface area contributed by atoms with E-state index in [1.807, 2.05) is 0 Å². The van der Waals surface area contributed by atoms with Crippen LogP contribution in [-0.4, -0.2) is 49.7 Å². The maximum Gasteiger partial charge on any atom is 0.305 e. The molecule has 0 rings (SSSR count). The summed E-state index contributed by atoms with van der Waals surface area (Å²) in [5.74, 6) is 2.22. The van der Waals surface area contributed by atoms with Gasteiger partial charge in [-0.15, -0.1) is 0 Å². The Morgan fingerprint density at radius 2 is 0.717 bits per heavy atom. The highest BCUT2D eigenvalue weighted by molar-refractivity contribution is 5.69. The van der Waals surface area contributed by atoms with Gasteiger partial charge in [-0.25, -0.2) is 0 Å². The number of carbonyl (C=O) groups is 2. The van der Waals surface area contributed by atoms with E-state index < -0.39 is 0 Å². The largest absolute Gasteiger partial charge is 0.466 e. The molecule has 0 saturated carbocycles. The van der Waals surface area contributed by atoms with Crippen LogP contribution in [0.25, 0.3) is 0 Å². The summed E-state index contributed by atoms with van der Waals surface area (Å²) in [6, 6.07) is 0.580. The lowest BCUT2D eigenvalue weighted by Crippen LogP contribution is -2.31. The maximum atomic E-state index is 12.4. The molecule has 0 fully saturated rings. The second-order valence-electron chi connectivity index (χ2n) is 17.2. The molecule has 0 aromatic carbocycles. The summed E-state index contributed by atoms with van der Waals surface area (Å²) < 4.78 is 11.3. The molecular formula is C48H95NO4. The fraction of sp³-hybridized carbons (Fsp3) is 0.958. The fourth-order valence-electron chi connectivity index (χ4n) is 7.83. The van der Waals surface area contributed by atoms with Crippen molar-refractivity contribution in [1.82, 2.24) is 4.90 Å². The van der Waals surface area contributed by atoms with E-state index in [0.29, 0.717) is 32.1 Å². The summed E-state index contributed by atoms with van der Waals surface area (Å²) >= 11 is 0. The van der Waals surface area contributed by atoms with Crippen molar-refractivity contribution in [2.24, 2.45) is 17.8 Å². The predicted octanol–water partition coefficient (Wildman–Crippen LogP) is 14.8. The molecule has 0 radical (unpaired) electrons. The van der Waals surface area contributed by atoms with Crippen molar-refractivity contribution in [2.45, 2.75) is 253 Å². The molecule has 0 aromatic rings. The highest BCUT2D eigenvalue weighted by atomic mass is 16.5. The molecule has 1 atom stereocenters. The highest BCUT2D eigenvalue weighted by Crippen LogP contribution is 2.24. The van der Waals surface area contributed by atoms with E-state index in [2.05, 4.69) is 53.5 Å². The van der Waals surface area contributed by atoms with E-state index in [0.717, 1.165) is 56.3 Å². The van der Waals surface area contributed by atoms with E-state index in [1.54, 1.807) is 0 Å². The van der Waals surface area contributed by atoms with E-state index in [1.165, 1.54) is 161 Å². The van der Waals surface area contributed by atoms with Crippen molar-refractivity contribution in [3.05, 3.63) is 0 Å². The zero-order valence-corrected chi connectivity index (χ0v) is 37.1. The standard InChI is InChI=1S/C48H95NO4/c1-8-12-22-30-44(31-23-13-9-2)38-40-52-47(50)36-28-19-17-16-18-26-34-46(42-49(7)43(5)6)35-27-20-21-29-37-48(51)53-41-39-45(32-24-14-10-3)33-25-15-11-4/h43-46H,8-42H2,1-7H3. The summed E-state index contributed by atoms with van der Waals surface area (Å²) in [5, 5.41) is 0. The third-order valence-corrected chi connectivity index (χ3v) is 11.9. The fourth-order valence-corrected chi connectivity index (χ4v) is 7.83. The molecule has 0 bridgehead atoms. The summed E-state index contributed by atoms with van der Waals surface area (Å²) in [5.41, 5.74) is 0. The van der Waals surface area contributed by atoms with Crippen LogP contribution in [0.1, 0.15) is 247 Å². The lowest BCUT2D eigenvalue weighted by molar-refractivity contribution is -0.145. The van der Waals surface area contributed by atoms with Gasteiger partial charge in [0.25, 0.3) is 0 Å². The first-order chi connectivity index (χ1) is 25.8. The smallest absolute Gasteiger partial charge is 0.305 e. The number of unbranched alkanes of at least 4 members (excludes halogenated alkanes) is 16. The molecule has 53 heavy (non-hydrogen) atoms. The second kappa shape index (κ2) is 39.1. The number of nitrogens with zero attached hydrogens (tertiary/aromatic N) is 1. The Balaban J connectivity index is 4.16. The van der Waals surface area contributed by atoms with Crippen LogP contribution < -0.4 is 0 Å². The molecule has 0 aliphatic carbocycles. The number of esters is 2. The molecule has 0 N–H and O–H groups in total. The Morgan fingerprint density at radius 3 is 1.06 bits per heavy atom. The minimum Gasteiger partial charge on any atom is -0.466 e. The van der Waals surface area contributed by atoms with Gasteiger partial charge in [-0.1, -0.05) is 182 Å². The molecule has 0 spiro atoms. The molecule has 0 saturated heterocycles. The third-order valence-electron chi connectivity index (χ3n) is 11.9. The second-order valence-corrected chi connectivity index (χ2v) is 17.2. The minimum absolute atomic E-state index is 0.0110. The van der Waals surface area contributed by atoms with Gasteiger partial charge in [0.2, 0.25) is 0 Å². The Morgan fingerprint density at radius 1 is 0.415 bits per heavy atom. The van der Waals surface area contributed by atoms with Gasteiger partial charge in [-0.05, 0) is 77.2 Å². The molecule has 0 heterocycles. The van der Waals surface area contributed by atoms with Gasteiger partial charge < -0.3 is 14.4 Å². The summed E-state index contributed by atoms with van der Waals surface area (Å²) in [4.78, 5) is 27.3. The van der Waals surface area contributed by atoms with Gasteiger partial charge in [0.15, 0.2) is 0 Å². The van der Waals surface area contributed by atoms with Crippen LogP contribution in [0.5, 0.6) is 0 Å². The van der Waals surface area contributed by atoms with E-state index >= 15 is 0 Å². The van der Waals surface area contributed by atoms with E-state index in [4.69, 9.17) is 9.47 Å². The van der Waals surface area contributed by atoms with Crippen molar-refractivity contribution < 1.29 is 19.1 Å². The van der Waals surface area contributed by atoms with Gasteiger partial charge in [0.1, 0.15) is 0 Å². The molecule has 316 valence electrons. The number of ether oxygens (including phenoxy) is 2. The van der Waals surface area contributed by atoms with Crippen LogP contribution in [0.4, 0.5) is 0 Å². The maximum absolute atomic E-state index is 12.4. The lowest BCUT2D eigenvalue weighted by Gasteiger charge is -2.27. The Kier molecular flexibility index (Phi) is 38.3. The average Bonchev–Trinajstić information content (AvgIpc) is 3.13. The molecule has 5 nitrogen and oxygen atoms in total. The molecule has 5 heteroatoms. The van der Waals surface area contributed by atoms with Gasteiger partial charge in [0.05, 0.1) is 13.2 Å². The summed E-state index contributed by atoms with van der Waals surface area (Å²) in [6.45, 7) is 16.1. The van der Waals surface area contributed by atoms with Crippen LogP contribution in [0.2, 0.25) is 0 Å². The lowest BCUT2D eigenvalue weighted by atomic mass is 9.92. The highest BCUT2D eigenvalue weighted by Gasteiger charge is 2.15. The number of hydrogen-bond donors (Lipinski definition) is 0. The number of rotatable bonds is 41. The van der Waals surface area contributed by atoms with Crippen molar-refractivity contribution >= 4 is 11.9 Å². The van der Waals surface area contributed by atoms with Crippen LogP contribution in [0.15, 0.2) is 0 Å². The topological polar surface area (TPSA) is 55.8 Å². The zero-order chi connectivity index (χ0) is 39.2. The van der Waals surface area contributed by atoms with Gasteiger partial charge in [0, 0.05) is 25.4 Å². The minimum atomic E-state index is 0.0110. The van der Waals surface area contributed by atoms with Crippen molar-refractivity contribution in [1.29, 1.82) is 0 Å². The molecule has 1 unspecified atom stereocenters. The van der Waals surface area contributed by atoms with Crippen LogP contribution >= 0.6 is 0 Å². The first-order valence-corrected chi connectivity index (χ1v) is 23.8. The SMILES string of the molecule is CCCCCC(CCCCC)CCOC(=O)CCCCCCCCC(CCCCCCC(=O)OCCC(CCCCC)CCCCC)CN(C)C(C)C. The molecule has 0 aromatic heterocycles. The number of hydrogen-bond acceptors (Lipinski definition) is 5. The molecular weight excluding hydrogens is 655 g/mol. The van der Waals surface area contributed by atoms with Crippen molar-refractivity contribution in [3.63, 3.8) is 0 Å². The molecule has 0 aliphatic rings. The summed E-state index contributed by atoms with van der Waals surface area (Å²) in [7, 11) is 2.27. The normalized spacial score (nSPS) is 12.4. The Bertz CT molecular complexity index is 766. The predicted molar refractivity (Wildman–Crippen MR) is 231 cm³/mol. The quantitative estimate of drug-likeness (QED) is 0.0460. The van der Waals surface area contributed by atoms with Crippen LogP contribution in [0, 0.1) is 17.8 Å². The van der Waals surface area contributed by atoms with E-state index in [-0.39, 0.29) is 11.9 Å². The summed E-state index contributed by atoms with van der Waals surface area (Å²) in [6.07, 6.45) is 38.4. The Labute approximate surface area is 332 Å².